The van der Waals surface area contributed by atoms with Crippen LogP contribution in [0.5, 0.6) is 0 Å². The molecule has 0 aliphatic carbocycles. The van der Waals surface area contributed by atoms with Crippen molar-refractivity contribution in [3.63, 3.8) is 0 Å². The lowest BCUT2D eigenvalue weighted by atomic mass is 10.2. The number of imidazole rings is 1. The topological polar surface area (TPSA) is 82.5 Å². The first kappa shape index (κ1) is 18.7. The highest BCUT2D eigenvalue weighted by Crippen LogP contribution is 2.24. The van der Waals surface area contributed by atoms with Gasteiger partial charge in [-0.15, -0.1) is 0 Å². The van der Waals surface area contributed by atoms with Gasteiger partial charge in [-0.3, -0.25) is 0 Å². The largest absolute Gasteiger partial charge is 0.419 e. The van der Waals surface area contributed by atoms with Gasteiger partial charge >= 0.3 is 11.9 Å². The molecule has 0 radical (unpaired) electrons. The number of fused-ring (bicyclic) bond motifs is 1. The number of carbonyl (C=O) groups excluding carboxylic acids is 2. The number of hydrogen-bond acceptors (Lipinski definition) is 6. The zero-order chi connectivity index (χ0) is 20.6. The van der Waals surface area contributed by atoms with Gasteiger partial charge in [0.15, 0.2) is 5.57 Å². The first-order valence-corrected chi connectivity index (χ1v) is 9.27. The number of aromatic nitrogens is 2. The molecule has 148 valence electrons. The van der Waals surface area contributed by atoms with Crippen molar-refractivity contribution in [2.75, 3.05) is 5.32 Å². The zero-order valence-electron chi connectivity index (χ0n) is 16.4. The minimum Gasteiger partial charge on any atom is -0.419 e. The molecule has 1 N–H and O–H groups in total. The van der Waals surface area contributed by atoms with E-state index in [9.17, 15) is 9.59 Å². The Kier molecular flexibility index (Phi) is 4.58. The number of benzene rings is 2. The minimum atomic E-state index is -1.26. The van der Waals surface area contributed by atoms with Gasteiger partial charge in [0.2, 0.25) is 0 Å². The number of carbonyl (C=O) groups is 2. The number of nitrogens with zero attached hydrogens (tertiary/aromatic N) is 2. The molecule has 1 aromatic heterocycles. The second-order valence-corrected chi connectivity index (χ2v) is 7.32. The second kappa shape index (κ2) is 7.09. The van der Waals surface area contributed by atoms with Crippen LogP contribution in [0.4, 0.5) is 5.69 Å². The summed E-state index contributed by atoms with van der Waals surface area (Å²) in [5.74, 6) is -1.79. The normalized spacial score (nSPS) is 15.8. The van der Waals surface area contributed by atoms with Gasteiger partial charge in [0, 0.05) is 32.3 Å². The van der Waals surface area contributed by atoms with Crippen molar-refractivity contribution < 1.29 is 19.1 Å². The van der Waals surface area contributed by atoms with Crippen molar-refractivity contribution in [2.45, 2.75) is 33.1 Å². The monoisotopic (exact) mass is 391 g/mol. The Labute approximate surface area is 167 Å². The summed E-state index contributed by atoms with van der Waals surface area (Å²) in [7, 11) is 0. The van der Waals surface area contributed by atoms with Gasteiger partial charge in [0.25, 0.3) is 5.79 Å². The van der Waals surface area contributed by atoms with Crippen molar-refractivity contribution in [1.29, 1.82) is 0 Å². The maximum atomic E-state index is 12.0. The Morgan fingerprint density at radius 2 is 1.76 bits per heavy atom. The standard InChI is InChI=1S/C22H21N3O4/c1-14-24-18-11-16(23-12-17-20(26)28-22(2,3)29-21(17)27)9-10-19(18)25(14)13-15-7-5-4-6-8-15/h4-12,23H,13H2,1-3H3. The van der Waals surface area contributed by atoms with E-state index in [0.717, 1.165) is 23.4 Å². The lowest BCUT2D eigenvalue weighted by molar-refractivity contribution is -0.222. The molecule has 1 saturated heterocycles. The maximum Gasteiger partial charge on any atom is 0.350 e. The summed E-state index contributed by atoms with van der Waals surface area (Å²) in [6, 6.07) is 15.9. The van der Waals surface area contributed by atoms with E-state index in [1.54, 1.807) is 0 Å². The predicted octanol–water partition coefficient (Wildman–Crippen LogP) is 3.52. The number of ether oxygens (including phenoxy) is 2. The number of cyclic esters (lactones) is 2. The quantitative estimate of drug-likeness (QED) is 0.416. The van der Waals surface area contributed by atoms with E-state index in [1.807, 2.05) is 43.3 Å². The molecule has 4 rings (SSSR count). The van der Waals surface area contributed by atoms with E-state index in [4.69, 9.17) is 9.47 Å². The molecular weight excluding hydrogens is 370 g/mol. The van der Waals surface area contributed by atoms with Crippen molar-refractivity contribution in [3.8, 4) is 0 Å². The fraction of sp³-hybridized carbons (Fsp3) is 0.227. The average molecular weight is 391 g/mol. The van der Waals surface area contributed by atoms with Gasteiger partial charge in [-0.2, -0.15) is 0 Å². The number of esters is 2. The average Bonchev–Trinajstić information content (AvgIpc) is 2.95. The third-order valence-corrected chi connectivity index (χ3v) is 4.62. The van der Waals surface area contributed by atoms with E-state index < -0.39 is 17.7 Å². The van der Waals surface area contributed by atoms with E-state index in [1.165, 1.54) is 25.6 Å². The molecule has 0 amide bonds. The lowest BCUT2D eigenvalue weighted by Crippen LogP contribution is -2.42. The Hall–Kier alpha value is -3.61. The predicted molar refractivity (Wildman–Crippen MR) is 108 cm³/mol. The zero-order valence-corrected chi connectivity index (χ0v) is 16.4. The van der Waals surface area contributed by atoms with Crippen LogP contribution in [-0.4, -0.2) is 27.3 Å². The van der Waals surface area contributed by atoms with Crippen LogP contribution in [0.2, 0.25) is 0 Å². The van der Waals surface area contributed by atoms with Crippen LogP contribution in [0.15, 0.2) is 60.3 Å². The second-order valence-electron chi connectivity index (χ2n) is 7.32. The van der Waals surface area contributed by atoms with E-state index in [-0.39, 0.29) is 5.57 Å². The summed E-state index contributed by atoms with van der Waals surface area (Å²) >= 11 is 0. The van der Waals surface area contributed by atoms with Crippen molar-refractivity contribution in [1.82, 2.24) is 9.55 Å². The molecule has 2 aromatic carbocycles. The highest BCUT2D eigenvalue weighted by molar-refractivity contribution is 6.15. The van der Waals surface area contributed by atoms with Crippen LogP contribution in [0.3, 0.4) is 0 Å². The molecule has 3 aromatic rings. The molecule has 0 unspecified atom stereocenters. The van der Waals surface area contributed by atoms with Gasteiger partial charge in [-0.05, 0) is 30.7 Å². The fourth-order valence-electron chi connectivity index (χ4n) is 3.24. The molecule has 1 fully saturated rings. The molecule has 0 saturated carbocycles. The molecule has 7 heteroatoms. The molecule has 1 aliphatic heterocycles. The Balaban J connectivity index is 1.57. The maximum absolute atomic E-state index is 12.0. The van der Waals surface area contributed by atoms with Crippen LogP contribution < -0.4 is 5.32 Å². The number of rotatable bonds is 4. The van der Waals surface area contributed by atoms with Gasteiger partial charge < -0.3 is 19.4 Å². The molecule has 0 bridgehead atoms. The van der Waals surface area contributed by atoms with Gasteiger partial charge in [-0.25, -0.2) is 14.6 Å². The summed E-state index contributed by atoms with van der Waals surface area (Å²) in [6.45, 7) is 5.71. The number of hydrogen-bond donors (Lipinski definition) is 1. The molecule has 2 heterocycles. The number of nitrogens with one attached hydrogen (secondary N) is 1. The molecule has 0 spiro atoms. The van der Waals surface area contributed by atoms with Gasteiger partial charge in [0.1, 0.15) is 5.82 Å². The van der Waals surface area contributed by atoms with Gasteiger partial charge in [0.05, 0.1) is 11.0 Å². The van der Waals surface area contributed by atoms with Crippen molar-refractivity contribution >= 4 is 28.7 Å². The van der Waals surface area contributed by atoms with E-state index >= 15 is 0 Å². The van der Waals surface area contributed by atoms with Crippen LogP contribution in [0.25, 0.3) is 11.0 Å². The molecule has 0 atom stereocenters. The summed E-state index contributed by atoms with van der Waals surface area (Å²) in [5, 5.41) is 2.96. The van der Waals surface area contributed by atoms with Crippen molar-refractivity contribution in [2.24, 2.45) is 0 Å². The van der Waals surface area contributed by atoms with Gasteiger partial charge in [-0.1, -0.05) is 30.3 Å². The highest BCUT2D eigenvalue weighted by Gasteiger charge is 2.38. The summed E-state index contributed by atoms with van der Waals surface area (Å²) < 4.78 is 12.3. The fourth-order valence-corrected chi connectivity index (χ4v) is 3.24. The van der Waals surface area contributed by atoms with Crippen LogP contribution in [-0.2, 0) is 25.6 Å². The molecule has 1 aliphatic rings. The molecule has 7 nitrogen and oxygen atoms in total. The van der Waals surface area contributed by atoms with E-state index in [2.05, 4.69) is 27.0 Å². The number of anilines is 1. The van der Waals surface area contributed by atoms with E-state index in [0.29, 0.717) is 5.69 Å². The Morgan fingerprint density at radius 1 is 1.07 bits per heavy atom. The summed E-state index contributed by atoms with van der Waals surface area (Å²) in [6.07, 6.45) is 1.30. The van der Waals surface area contributed by atoms with Crippen molar-refractivity contribution in [3.05, 3.63) is 71.7 Å². The summed E-state index contributed by atoms with van der Waals surface area (Å²) in [4.78, 5) is 28.7. The smallest absolute Gasteiger partial charge is 0.350 e. The Morgan fingerprint density at radius 3 is 2.45 bits per heavy atom. The lowest BCUT2D eigenvalue weighted by Gasteiger charge is -2.29. The van der Waals surface area contributed by atoms with Crippen LogP contribution in [0, 0.1) is 6.92 Å². The molecule has 29 heavy (non-hydrogen) atoms. The highest BCUT2D eigenvalue weighted by atomic mass is 16.7. The first-order valence-electron chi connectivity index (χ1n) is 9.27. The first-order chi connectivity index (χ1) is 13.8. The minimum absolute atomic E-state index is 0.185. The molecular formula is C22H21N3O4. The SMILES string of the molecule is Cc1nc2cc(NC=C3C(=O)OC(C)(C)OC3=O)ccc2n1Cc1ccccc1. The third-order valence-electron chi connectivity index (χ3n) is 4.62. The third kappa shape index (κ3) is 3.85. The summed E-state index contributed by atoms with van der Waals surface area (Å²) in [5.41, 5.74) is 3.52. The van der Waals surface area contributed by atoms with Crippen LogP contribution >= 0.6 is 0 Å². The Bertz CT molecular complexity index is 1110. The number of aryl methyl sites for hydroxylation is 1. The van der Waals surface area contributed by atoms with Crippen LogP contribution in [0.1, 0.15) is 25.2 Å².